The Balaban J connectivity index is 3.09. The molecule has 0 radical (unpaired) electrons. The summed E-state index contributed by atoms with van der Waals surface area (Å²) >= 11 is 0. The van der Waals surface area contributed by atoms with E-state index in [4.69, 9.17) is 0 Å². The van der Waals surface area contributed by atoms with Gasteiger partial charge in [0.15, 0.2) is 0 Å². The summed E-state index contributed by atoms with van der Waals surface area (Å²) in [5.74, 6) is 0. The average Bonchev–Trinajstić information content (AvgIpc) is 2.04. The quantitative estimate of drug-likeness (QED) is 0.724. The molecule has 1 aromatic carbocycles. The molecule has 0 fully saturated rings. The third-order valence-corrected chi connectivity index (χ3v) is 3.31. The van der Waals surface area contributed by atoms with Crippen LogP contribution in [0.4, 0.5) is 0 Å². The molecule has 1 rings (SSSR count). The van der Waals surface area contributed by atoms with Crippen molar-refractivity contribution in [3.05, 3.63) is 30.3 Å². The molecule has 5 nitrogen and oxygen atoms in total. The smallest absolute Gasteiger partial charge is 0.201 e. The Bertz CT molecular complexity index is 437. The third-order valence-electron chi connectivity index (χ3n) is 1.19. The summed E-state index contributed by atoms with van der Waals surface area (Å²) in [7, 11) is -7.56. The van der Waals surface area contributed by atoms with Crippen LogP contribution in [0, 0.1) is 0 Å². The van der Waals surface area contributed by atoms with Gasteiger partial charge in [0, 0.05) is 0 Å². The van der Waals surface area contributed by atoms with E-state index in [1.54, 1.807) is 6.07 Å². The Hall–Kier alpha value is -0.920. The van der Waals surface area contributed by atoms with E-state index in [0.29, 0.717) is 0 Å². The highest BCUT2D eigenvalue weighted by Gasteiger charge is 2.15. The van der Waals surface area contributed by atoms with E-state index in [1.165, 1.54) is 24.3 Å². The molecule has 0 atom stereocenters. The van der Waals surface area contributed by atoms with Crippen molar-refractivity contribution in [2.45, 2.75) is 4.90 Å². The van der Waals surface area contributed by atoms with Crippen LogP contribution in [0.15, 0.2) is 35.2 Å². The number of rotatable bonds is 3. The zero-order valence-electron chi connectivity index (χ0n) is 6.28. The molecule has 0 aliphatic carbocycles. The number of hydrogen-bond donors (Lipinski definition) is 1. The number of benzene rings is 1. The van der Waals surface area contributed by atoms with Crippen LogP contribution in [0.2, 0.25) is 0 Å². The van der Waals surface area contributed by atoms with Crippen LogP contribution in [-0.4, -0.2) is 16.8 Å². The molecule has 72 valence electrons. The normalized spacial score (nSPS) is 11.8. The van der Waals surface area contributed by atoms with Crippen LogP contribution in [0.3, 0.4) is 0 Å². The summed E-state index contributed by atoms with van der Waals surface area (Å²) in [6, 6.07) is 7.03. The van der Waals surface area contributed by atoms with Crippen LogP contribution in [-0.2, 0) is 24.7 Å². The van der Waals surface area contributed by atoms with Gasteiger partial charge in [-0.1, -0.05) is 18.2 Å². The van der Waals surface area contributed by atoms with Gasteiger partial charge in [-0.3, -0.25) is 0 Å². The molecule has 0 unspecified atom stereocenters. The highest BCUT2D eigenvalue weighted by Crippen LogP contribution is 2.10. The third kappa shape index (κ3) is 2.79. The molecule has 0 aromatic heterocycles. The second-order valence-corrected chi connectivity index (χ2v) is 4.49. The first-order chi connectivity index (χ1) is 6.02. The van der Waals surface area contributed by atoms with E-state index in [1.807, 2.05) is 0 Å². The lowest BCUT2D eigenvalue weighted by molar-refractivity contribution is 0.477. The molecule has 7 heteroatoms. The fourth-order valence-corrected chi connectivity index (χ4v) is 2.19. The second kappa shape index (κ2) is 3.86. The Kier molecular flexibility index (Phi) is 3.02. The summed E-state index contributed by atoms with van der Waals surface area (Å²) in [4.78, 5) is -0.186. The highest BCUT2D eigenvalue weighted by atomic mass is 32.3. The second-order valence-electron chi connectivity index (χ2n) is 2.07. The van der Waals surface area contributed by atoms with Gasteiger partial charge in [0.25, 0.3) is 11.0 Å². The van der Waals surface area contributed by atoms with Gasteiger partial charge in [0.2, 0.25) is 0 Å². The predicted octanol–water partition coefficient (Wildman–Crippen LogP) is -0.0817. The van der Waals surface area contributed by atoms with E-state index in [-0.39, 0.29) is 4.90 Å². The first kappa shape index (κ1) is 10.2. The highest BCUT2D eigenvalue weighted by molar-refractivity contribution is 7.93. The lowest BCUT2D eigenvalue weighted by Gasteiger charge is -1.97. The Morgan fingerprint density at radius 1 is 1.08 bits per heavy atom. The van der Waals surface area contributed by atoms with Crippen molar-refractivity contribution in [1.29, 1.82) is 0 Å². The summed E-state index contributed by atoms with van der Waals surface area (Å²) in [5.41, 5.74) is 0. The molecule has 0 bridgehead atoms. The molecule has 13 heavy (non-hydrogen) atoms. The van der Waals surface area contributed by atoms with Gasteiger partial charge < -0.3 is 0 Å². The summed E-state index contributed by atoms with van der Waals surface area (Å²) in [5, 5.41) is 0. The van der Waals surface area contributed by atoms with Crippen molar-refractivity contribution in [3.8, 4) is 0 Å². The van der Waals surface area contributed by atoms with E-state index in [2.05, 4.69) is 3.63 Å². The topological polar surface area (TPSA) is 77.5 Å². The van der Waals surface area contributed by atoms with Gasteiger partial charge >= 0.3 is 10.1 Å². The van der Waals surface area contributed by atoms with Crippen molar-refractivity contribution in [2.24, 2.45) is 0 Å². The van der Waals surface area contributed by atoms with Crippen LogP contribution >= 0.6 is 0 Å². The molecular weight excluding hydrogens is 216 g/mol. The molecule has 1 aromatic rings. The first-order valence-corrected chi connectivity index (χ1v) is 5.67. The minimum absolute atomic E-state index is 0.186. The van der Waals surface area contributed by atoms with E-state index in [9.17, 15) is 16.8 Å². The summed E-state index contributed by atoms with van der Waals surface area (Å²) in [6.45, 7) is 0. The minimum Gasteiger partial charge on any atom is -0.201 e. The van der Waals surface area contributed by atoms with Gasteiger partial charge in [0.05, 0.1) is 4.90 Å². The maximum Gasteiger partial charge on any atom is 0.311 e. The van der Waals surface area contributed by atoms with Crippen LogP contribution in [0.1, 0.15) is 0 Å². The van der Waals surface area contributed by atoms with Crippen LogP contribution in [0.25, 0.3) is 0 Å². The van der Waals surface area contributed by atoms with Crippen molar-refractivity contribution >= 4 is 21.1 Å². The maximum absolute atomic E-state index is 11.0. The standard InChI is InChI=1S/C6H6O5S2/c7-12(8)11-13(9,10)6-4-2-1-3-5-6/h1-5,12H. The molecule has 0 saturated heterocycles. The van der Waals surface area contributed by atoms with E-state index in [0.717, 1.165) is 0 Å². The Morgan fingerprint density at radius 2 is 1.62 bits per heavy atom. The molecule has 0 amide bonds. The predicted molar refractivity (Wildman–Crippen MR) is 45.0 cm³/mol. The fraction of sp³-hybridized carbons (Fsp3) is 0. The lowest BCUT2D eigenvalue weighted by Crippen LogP contribution is -2.04. The first-order valence-electron chi connectivity index (χ1n) is 3.16. The lowest BCUT2D eigenvalue weighted by atomic mass is 10.4. The van der Waals surface area contributed by atoms with Gasteiger partial charge in [-0.2, -0.15) is 8.42 Å². The minimum atomic E-state index is -4.16. The Labute approximate surface area is 77.2 Å². The maximum atomic E-state index is 11.0. The molecule has 0 saturated carbocycles. The molecule has 0 heterocycles. The van der Waals surface area contributed by atoms with Crippen molar-refractivity contribution in [2.75, 3.05) is 0 Å². The van der Waals surface area contributed by atoms with Crippen molar-refractivity contribution < 1.29 is 20.5 Å². The summed E-state index contributed by atoms with van der Waals surface area (Å²) in [6.07, 6.45) is 0. The molecular formula is C6H6O5S2. The molecule has 0 spiro atoms. The molecule has 0 aliphatic heterocycles. The van der Waals surface area contributed by atoms with E-state index >= 15 is 0 Å². The van der Waals surface area contributed by atoms with Crippen LogP contribution in [0.5, 0.6) is 0 Å². The number of hydrogen-bond acceptors (Lipinski definition) is 5. The monoisotopic (exact) mass is 222 g/mol. The van der Waals surface area contributed by atoms with E-state index < -0.39 is 21.1 Å². The molecule has 0 aliphatic rings. The van der Waals surface area contributed by atoms with Gasteiger partial charge in [-0.05, 0) is 12.1 Å². The number of thiol groups is 1. The fourth-order valence-electron chi connectivity index (χ4n) is 0.710. The largest absolute Gasteiger partial charge is 0.311 e. The zero-order valence-corrected chi connectivity index (χ0v) is 7.99. The average molecular weight is 222 g/mol. The van der Waals surface area contributed by atoms with Crippen LogP contribution < -0.4 is 0 Å². The van der Waals surface area contributed by atoms with Crippen molar-refractivity contribution in [1.82, 2.24) is 0 Å². The zero-order chi connectivity index (χ0) is 9.90. The van der Waals surface area contributed by atoms with Gasteiger partial charge in [0.1, 0.15) is 0 Å². The van der Waals surface area contributed by atoms with Gasteiger partial charge in [-0.25, -0.2) is 8.42 Å². The summed E-state index contributed by atoms with van der Waals surface area (Å²) < 4.78 is 45.9. The Morgan fingerprint density at radius 3 is 2.08 bits per heavy atom. The van der Waals surface area contributed by atoms with Gasteiger partial charge in [-0.15, -0.1) is 3.63 Å². The SMILES string of the molecule is O=[SH](=O)OS(=O)(=O)c1ccccc1. The molecule has 0 N–H and O–H groups in total. The van der Waals surface area contributed by atoms with Crippen molar-refractivity contribution in [3.63, 3.8) is 0 Å².